The molecule has 0 fully saturated rings. The summed E-state index contributed by atoms with van der Waals surface area (Å²) in [6, 6.07) is 6.32. The molecule has 2 heterocycles. The highest BCUT2D eigenvalue weighted by Gasteiger charge is 2.27. The SMILES string of the molecule is COC(=O)CC(c1ccc2c(c1)n(C)c(=O)n2C)c1c(O)cc(C)n(CC(=O)O)c1=O. The number of carbonyl (C=O) groups excluding carboxylic acids is 1. The van der Waals surface area contributed by atoms with Gasteiger partial charge in [-0.05, 0) is 30.7 Å². The third-order valence-electron chi connectivity index (χ3n) is 5.46. The van der Waals surface area contributed by atoms with Crippen LogP contribution in [0.3, 0.4) is 0 Å². The number of methoxy groups -OCH3 is 1. The summed E-state index contributed by atoms with van der Waals surface area (Å²) < 4.78 is 8.71. The van der Waals surface area contributed by atoms with Crippen molar-refractivity contribution < 1.29 is 24.5 Å². The Morgan fingerprint density at radius 1 is 1.10 bits per heavy atom. The van der Waals surface area contributed by atoms with E-state index >= 15 is 0 Å². The minimum absolute atomic E-state index is 0.113. The van der Waals surface area contributed by atoms with Crippen molar-refractivity contribution in [2.45, 2.75) is 25.8 Å². The molecule has 31 heavy (non-hydrogen) atoms. The Morgan fingerprint density at radius 2 is 1.74 bits per heavy atom. The zero-order chi connectivity index (χ0) is 23.0. The number of pyridine rings is 1. The van der Waals surface area contributed by atoms with Crippen LogP contribution in [0.2, 0.25) is 0 Å². The molecular formula is C21H23N3O7. The molecule has 0 bridgehead atoms. The highest BCUT2D eigenvalue weighted by Crippen LogP contribution is 2.33. The normalized spacial score (nSPS) is 12.1. The summed E-state index contributed by atoms with van der Waals surface area (Å²) in [5, 5.41) is 19.8. The number of esters is 1. The molecule has 2 N–H and O–H groups in total. The highest BCUT2D eigenvalue weighted by molar-refractivity contribution is 5.78. The van der Waals surface area contributed by atoms with Gasteiger partial charge in [-0.15, -0.1) is 0 Å². The molecule has 10 heteroatoms. The third-order valence-corrected chi connectivity index (χ3v) is 5.46. The van der Waals surface area contributed by atoms with Crippen molar-refractivity contribution in [3.8, 4) is 5.75 Å². The molecule has 0 spiro atoms. The van der Waals surface area contributed by atoms with Crippen LogP contribution in [0.25, 0.3) is 11.0 Å². The Balaban J connectivity index is 2.29. The molecule has 0 amide bonds. The fourth-order valence-electron chi connectivity index (χ4n) is 3.81. The molecule has 3 rings (SSSR count). The Hall–Kier alpha value is -3.82. The molecule has 0 saturated carbocycles. The van der Waals surface area contributed by atoms with Gasteiger partial charge in [0, 0.05) is 25.7 Å². The van der Waals surface area contributed by atoms with Gasteiger partial charge in [0.25, 0.3) is 5.56 Å². The average Bonchev–Trinajstić information content (AvgIpc) is 2.93. The molecule has 0 saturated heterocycles. The maximum absolute atomic E-state index is 13.1. The Bertz CT molecular complexity index is 1310. The van der Waals surface area contributed by atoms with Gasteiger partial charge in [0.1, 0.15) is 12.3 Å². The monoisotopic (exact) mass is 429 g/mol. The quantitative estimate of drug-likeness (QED) is 0.555. The van der Waals surface area contributed by atoms with Crippen LogP contribution in [0.1, 0.15) is 29.2 Å². The molecule has 0 radical (unpaired) electrons. The van der Waals surface area contributed by atoms with Gasteiger partial charge in [0.2, 0.25) is 0 Å². The fraction of sp³-hybridized carbons (Fsp3) is 0.333. The first kappa shape index (κ1) is 21.9. The Labute approximate surface area is 176 Å². The number of benzene rings is 1. The summed E-state index contributed by atoms with van der Waals surface area (Å²) >= 11 is 0. The zero-order valence-electron chi connectivity index (χ0n) is 17.6. The predicted octanol–water partition coefficient (Wildman–Crippen LogP) is 0.832. The lowest BCUT2D eigenvalue weighted by atomic mass is 9.88. The van der Waals surface area contributed by atoms with Gasteiger partial charge in [0.05, 0.1) is 30.1 Å². The average molecular weight is 429 g/mol. The number of hydrogen-bond donors (Lipinski definition) is 2. The highest BCUT2D eigenvalue weighted by atomic mass is 16.5. The number of hydrogen-bond acceptors (Lipinski definition) is 6. The molecule has 2 aromatic heterocycles. The van der Waals surface area contributed by atoms with Crippen molar-refractivity contribution in [1.82, 2.24) is 13.7 Å². The predicted molar refractivity (Wildman–Crippen MR) is 111 cm³/mol. The van der Waals surface area contributed by atoms with E-state index in [9.17, 15) is 24.3 Å². The van der Waals surface area contributed by atoms with Crippen LogP contribution < -0.4 is 11.2 Å². The largest absolute Gasteiger partial charge is 0.507 e. The lowest BCUT2D eigenvalue weighted by molar-refractivity contribution is -0.141. The summed E-state index contributed by atoms with van der Waals surface area (Å²) in [5.41, 5.74) is 0.942. The number of nitrogens with zero attached hydrogens (tertiary/aromatic N) is 3. The maximum Gasteiger partial charge on any atom is 0.328 e. The van der Waals surface area contributed by atoms with Crippen molar-refractivity contribution in [3.63, 3.8) is 0 Å². The third kappa shape index (κ3) is 3.83. The van der Waals surface area contributed by atoms with Crippen LogP contribution in [-0.2, 0) is 35.0 Å². The lowest BCUT2D eigenvalue weighted by Crippen LogP contribution is -2.30. The Morgan fingerprint density at radius 3 is 2.35 bits per heavy atom. The number of carboxylic acids is 1. The van der Waals surface area contributed by atoms with Crippen LogP contribution in [-0.4, -0.2) is 43.0 Å². The topological polar surface area (TPSA) is 133 Å². The number of carboxylic acid groups (broad SMARTS) is 1. The molecule has 10 nitrogen and oxygen atoms in total. The molecule has 0 aliphatic rings. The summed E-state index contributed by atoms with van der Waals surface area (Å²) in [6.07, 6.45) is -0.262. The second kappa shape index (κ2) is 8.13. The molecular weight excluding hydrogens is 406 g/mol. The van der Waals surface area contributed by atoms with Gasteiger partial charge in [-0.2, -0.15) is 0 Å². The van der Waals surface area contributed by atoms with Crippen LogP contribution in [0.5, 0.6) is 5.75 Å². The number of fused-ring (bicyclic) bond motifs is 1. The number of aliphatic carboxylic acids is 1. The summed E-state index contributed by atoms with van der Waals surface area (Å²) in [6.45, 7) is 0.921. The van der Waals surface area contributed by atoms with E-state index in [-0.39, 0.29) is 29.1 Å². The van der Waals surface area contributed by atoms with Crippen molar-refractivity contribution in [3.05, 3.63) is 61.9 Å². The molecule has 164 valence electrons. The van der Waals surface area contributed by atoms with Crippen LogP contribution in [0, 0.1) is 6.92 Å². The minimum atomic E-state index is -1.22. The fourth-order valence-corrected chi connectivity index (χ4v) is 3.81. The van der Waals surface area contributed by atoms with Gasteiger partial charge in [-0.1, -0.05) is 6.07 Å². The van der Waals surface area contributed by atoms with E-state index in [4.69, 9.17) is 9.84 Å². The molecule has 1 unspecified atom stereocenters. The van der Waals surface area contributed by atoms with Crippen molar-refractivity contribution >= 4 is 23.0 Å². The van der Waals surface area contributed by atoms with E-state index in [0.29, 0.717) is 16.6 Å². The van der Waals surface area contributed by atoms with E-state index in [1.165, 1.54) is 29.2 Å². The smallest absolute Gasteiger partial charge is 0.328 e. The van der Waals surface area contributed by atoms with Gasteiger partial charge in [-0.3, -0.25) is 23.5 Å². The number of ether oxygens (including phenoxy) is 1. The van der Waals surface area contributed by atoms with E-state index in [2.05, 4.69) is 0 Å². The van der Waals surface area contributed by atoms with Crippen molar-refractivity contribution in [1.29, 1.82) is 0 Å². The van der Waals surface area contributed by atoms with E-state index in [1.54, 1.807) is 32.3 Å². The molecule has 0 aliphatic carbocycles. The number of imidazole rings is 1. The van der Waals surface area contributed by atoms with Gasteiger partial charge in [-0.25, -0.2) is 4.79 Å². The van der Waals surface area contributed by atoms with E-state index < -0.39 is 30.0 Å². The minimum Gasteiger partial charge on any atom is -0.507 e. The second-order valence-electron chi connectivity index (χ2n) is 7.35. The number of rotatable bonds is 6. The summed E-state index contributed by atoms with van der Waals surface area (Å²) in [5.74, 6) is -3.09. The number of carbonyl (C=O) groups is 2. The standard InChI is InChI=1S/C21H23N3O7/c1-11-7-16(25)19(20(29)24(11)10-17(26)27)13(9-18(28)31-4)12-5-6-14-15(8-12)23(3)21(30)22(14)2/h5-8,13,25H,9-10H2,1-4H3,(H,26,27). The molecule has 0 aliphatic heterocycles. The van der Waals surface area contributed by atoms with E-state index in [1.807, 2.05) is 0 Å². The molecule has 1 aromatic carbocycles. The first-order valence-electron chi connectivity index (χ1n) is 9.44. The maximum atomic E-state index is 13.1. The number of aromatic hydroxyl groups is 1. The second-order valence-corrected chi connectivity index (χ2v) is 7.35. The summed E-state index contributed by atoms with van der Waals surface area (Å²) in [4.78, 5) is 48.8. The molecule has 1 atom stereocenters. The summed E-state index contributed by atoms with van der Waals surface area (Å²) in [7, 11) is 4.45. The van der Waals surface area contributed by atoms with Crippen molar-refractivity contribution in [2.75, 3.05) is 7.11 Å². The number of aryl methyl sites for hydroxylation is 3. The van der Waals surface area contributed by atoms with E-state index in [0.717, 1.165) is 4.57 Å². The number of aromatic nitrogens is 3. The first-order valence-corrected chi connectivity index (χ1v) is 9.44. The van der Waals surface area contributed by atoms with Crippen molar-refractivity contribution in [2.24, 2.45) is 14.1 Å². The van der Waals surface area contributed by atoms with Gasteiger partial charge >= 0.3 is 17.6 Å². The van der Waals surface area contributed by atoms with Gasteiger partial charge in [0.15, 0.2) is 0 Å². The van der Waals surface area contributed by atoms with Crippen LogP contribution >= 0.6 is 0 Å². The van der Waals surface area contributed by atoms with Gasteiger partial charge < -0.3 is 19.5 Å². The van der Waals surface area contributed by atoms with Crippen LogP contribution in [0.15, 0.2) is 33.9 Å². The molecule has 3 aromatic rings. The van der Waals surface area contributed by atoms with Crippen LogP contribution in [0.4, 0.5) is 0 Å². The lowest BCUT2D eigenvalue weighted by Gasteiger charge is -2.20. The zero-order valence-corrected chi connectivity index (χ0v) is 17.6. The Kier molecular flexibility index (Phi) is 5.74. The first-order chi connectivity index (χ1) is 14.6.